The SMILES string of the molecule is CCCCCC#CC(=O)c1ccccc1Cn1nc(-c2ccccc2)c(CC(=O)O)c1C. The van der Waals surface area contributed by atoms with Crippen LogP contribution >= 0.6 is 0 Å². The van der Waals surface area contributed by atoms with Gasteiger partial charge in [-0.2, -0.15) is 5.10 Å². The van der Waals surface area contributed by atoms with Crippen molar-refractivity contribution in [2.75, 3.05) is 0 Å². The summed E-state index contributed by atoms with van der Waals surface area (Å²) in [6.07, 6.45) is 3.84. The van der Waals surface area contributed by atoms with Crippen LogP contribution in [0, 0.1) is 18.8 Å². The first-order valence-electron chi connectivity index (χ1n) is 11.0. The number of carboxylic acid groups (broad SMARTS) is 1. The molecule has 0 amide bonds. The highest BCUT2D eigenvalue weighted by molar-refractivity contribution is 6.09. The Bertz CT molecular complexity index is 1150. The average Bonchev–Trinajstić information content (AvgIpc) is 3.09. The maximum absolute atomic E-state index is 12.7. The van der Waals surface area contributed by atoms with E-state index in [-0.39, 0.29) is 12.2 Å². The summed E-state index contributed by atoms with van der Waals surface area (Å²) < 4.78 is 1.78. The molecule has 0 saturated heterocycles. The van der Waals surface area contributed by atoms with E-state index in [4.69, 9.17) is 5.10 Å². The molecule has 1 aromatic heterocycles. The van der Waals surface area contributed by atoms with Crippen LogP contribution in [0.1, 0.15) is 59.8 Å². The summed E-state index contributed by atoms with van der Waals surface area (Å²) in [4.78, 5) is 24.2. The molecule has 1 heterocycles. The van der Waals surface area contributed by atoms with Gasteiger partial charge in [-0.25, -0.2) is 0 Å². The number of carboxylic acids is 1. The van der Waals surface area contributed by atoms with E-state index in [0.29, 0.717) is 23.4 Å². The number of benzene rings is 2. The molecule has 1 N–H and O–H groups in total. The zero-order valence-corrected chi connectivity index (χ0v) is 18.6. The first-order chi connectivity index (χ1) is 15.5. The maximum atomic E-state index is 12.7. The maximum Gasteiger partial charge on any atom is 0.307 e. The van der Waals surface area contributed by atoms with Gasteiger partial charge in [0.25, 0.3) is 0 Å². The second-order valence-corrected chi connectivity index (χ2v) is 7.75. The predicted molar refractivity (Wildman–Crippen MR) is 126 cm³/mol. The van der Waals surface area contributed by atoms with Crippen molar-refractivity contribution in [1.29, 1.82) is 0 Å². The summed E-state index contributed by atoms with van der Waals surface area (Å²) in [5.41, 5.74) is 4.36. The fraction of sp³-hybridized carbons (Fsp3) is 0.296. The molecular formula is C27H28N2O3. The number of unbranched alkanes of at least 4 members (excludes halogenated alkanes) is 3. The van der Waals surface area contributed by atoms with Crippen LogP contribution in [-0.4, -0.2) is 26.6 Å². The Kier molecular flexibility index (Phi) is 7.99. The zero-order valence-electron chi connectivity index (χ0n) is 18.6. The minimum atomic E-state index is -0.904. The van der Waals surface area contributed by atoms with Gasteiger partial charge >= 0.3 is 5.97 Å². The van der Waals surface area contributed by atoms with Gasteiger partial charge in [-0.05, 0) is 24.8 Å². The van der Waals surface area contributed by atoms with E-state index in [2.05, 4.69) is 18.8 Å². The lowest BCUT2D eigenvalue weighted by atomic mass is 10.0. The van der Waals surface area contributed by atoms with Gasteiger partial charge in [0.2, 0.25) is 5.78 Å². The molecule has 2 aromatic carbocycles. The van der Waals surface area contributed by atoms with Crippen LogP contribution in [0.15, 0.2) is 54.6 Å². The predicted octanol–water partition coefficient (Wildman–Crippen LogP) is 5.30. The largest absolute Gasteiger partial charge is 0.481 e. The van der Waals surface area contributed by atoms with Crippen LogP contribution in [0.3, 0.4) is 0 Å². The number of aliphatic carboxylic acids is 1. The van der Waals surface area contributed by atoms with Crippen LogP contribution in [0.2, 0.25) is 0 Å². The van der Waals surface area contributed by atoms with Crippen molar-refractivity contribution < 1.29 is 14.7 Å². The molecule has 0 saturated carbocycles. The van der Waals surface area contributed by atoms with Crippen molar-refractivity contribution in [3.05, 3.63) is 77.0 Å². The number of ketones is 1. The van der Waals surface area contributed by atoms with Crippen molar-refractivity contribution in [1.82, 2.24) is 9.78 Å². The molecule has 0 spiro atoms. The number of carbonyl (C=O) groups excluding carboxylic acids is 1. The molecule has 0 fully saturated rings. The molecule has 0 atom stereocenters. The standard InChI is InChI=1S/C27H28N2O3/c1-3-4-5-6-10-17-25(30)23-16-12-11-15-22(23)19-29-20(2)24(18-26(31)32)27(28-29)21-13-8-7-9-14-21/h7-9,11-16H,3-6,18-19H2,1-2H3,(H,31,32). The molecule has 5 heteroatoms. The molecule has 0 aliphatic heterocycles. The molecule has 164 valence electrons. The molecule has 0 unspecified atom stereocenters. The first kappa shape index (κ1) is 23.0. The minimum absolute atomic E-state index is 0.111. The summed E-state index contributed by atoms with van der Waals surface area (Å²) in [5.74, 6) is 4.66. The van der Waals surface area contributed by atoms with E-state index in [1.807, 2.05) is 55.5 Å². The number of rotatable bonds is 9. The van der Waals surface area contributed by atoms with Crippen molar-refractivity contribution in [2.45, 2.75) is 52.5 Å². The van der Waals surface area contributed by atoms with Crippen LogP contribution < -0.4 is 0 Å². The van der Waals surface area contributed by atoms with Crippen LogP contribution in [0.25, 0.3) is 11.3 Å². The normalized spacial score (nSPS) is 10.4. The van der Waals surface area contributed by atoms with Crippen molar-refractivity contribution in [3.8, 4) is 23.1 Å². The Morgan fingerprint density at radius 1 is 1.03 bits per heavy atom. The van der Waals surface area contributed by atoms with Crippen molar-refractivity contribution in [2.24, 2.45) is 0 Å². The molecule has 5 nitrogen and oxygen atoms in total. The smallest absolute Gasteiger partial charge is 0.307 e. The molecule has 0 bridgehead atoms. The third-order valence-electron chi connectivity index (χ3n) is 5.40. The van der Waals surface area contributed by atoms with Crippen LogP contribution in [-0.2, 0) is 17.8 Å². The van der Waals surface area contributed by atoms with Gasteiger partial charge in [0, 0.05) is 28.8 Å². The number of nitrogens with zero attached hydrogens (tertiary/aromatic N) is 2. The molecule has 32 heavy (non-hydrogen) atoms. The highest BCUT2D eigenvalue weighted by Gasteiger charge is 2.20. The number of carbonyl (C=O) groups is 2. The number of hydrogen-bond acceptors (Lipinski definition) is 3. The number of aromatic nitrogens is 2. The lowest BCUT2D eigenvalue weighted by Crippen LogP contribution is -2.09. The van der Waals surface area contributed by atoms with Gasteiger partial charge in [0.15, 0.2) is 0 Å². The van der Waals surface area contributed by atoms with Crippen LogP contribution in [0.5, 0.6) is 0 Å². The summed E-state index contributed by atoms with van der Waals surface area (Å²) in [6, 6.07) is 17.0. The molecule has 0 aliphatic carbocycles. The van der Waals surface area contributed by atoms with Gasteiger partial charge in [-0.1, -0.05) is 80.3 Å². The van der Waals surface area contributed by atoms with Gasteiger partial charge in [0.1, 0.15) is 0 Å². The quantitative estimate of drug-likeness (QED) is 0.217. The summed E-state index contributed by atoms with van der Waals surface area (Å²) in [5, 5.41) is 14.1. The van der Waals surface area contributed by atoms with E-state index in [9.17, 15) is 14.7 Å². The van der Waals surface area contributed by atoms with Crippen molar-refractivity contribution >= 4 is 11.8 Å². The second-order valence-electron chi connectivity index (χ2n) is 7.75. The van der Waals surface area contributed by atoms with Crippen LogP contribution in [0.4, 0.5) is 0 Å². The lowest BCUT2D eigenvalue weighted by molar-refractivity contribution is -0.136. The third-order valence-corrected chi connectivity index (χ3v) is 5.40. The monoisotopic (exact) mass is 428 g/mol. The fourth-order valence-electron chi connectivity index (χ4n) is 3.64. The average molecular weight is 429 g/mol. The number of hydrogen-bond donors (Lipinski definition) is 1. The van der Waals surface area contributed by atoms with E-state index in [1.54, 1.807) is 10.7 Å². The topological polar surface area (TPSA) is 72.2 Å². The summed E-state index contributed by atoms with van der Waals surface area (Å²) >= 11 is 0. The van der Waals surface area contributed by atoms with E-state index >= 15 is 0 Å². The Labute approximate surface area is 189 Å². The Hall–Kier alpha value is -3.65. The summed E-state index contributed by atoms with van der Waals surface area (Å²) in [7, 11) is 0. The third kappa shape index (κ3) is 5.73. The van der Waals surface area contributed by atoms with Gasteiger partial charge in [0.05, 0.1) is 18.7 Å². The fourth-order valence-corrected chi connectivity index (χ4v) is 3.64. The van der Waals surface area contributed by atoms with E-state index in [0.717, 1.165) is 42.5 Å². The Morgan fingerprint density at radius 3 is 2.47 bits per heavy atom. The lowest BCUT2D eigenvalue weighted by Gasteiger charge is -2.08. The minimum Gasteiger partial charge on any atom is -0.481 e. The van der Waals surface area contributed by atoms with Gasteiger partial charge in [-0.3, -0.25) is 14.3 Å². The summed E-state index contributed by atoms with van der Waals surface area (Å²) in [6.45, 7) is 4.37. The first-order valence-corrected chi connectivity index (χ1v) is 11.0. The number of Topliss-reactive ketones (excluding diaryl/α,β-unsaturated/α-hetero) is 1. The highest BCUT2D eigenvalue weighted by Crippen LogP contribution is 2.26. The van der Waals surface area contributed by atoms with Gasteiger partial charge in [-0.15, -0.1) is 0 Å². The Balaban J connectivity index is 1.92. The molecule has 0 aliphatic rings. The molecule has 3 aromatic rings. The van der Waals surface area contributed by atoms with Gasteiger partial charge < -0.3 is 5.11 Å². The second kappa shape index (κ2) is 11.1. The van der Waals surface area contributed by atoms with E-state index < -0.39 is 5.97 Å². The molecule has 3 rings (SSSR count). The molecule has 0 radical (unpaired) electrons. The van der Waals surface area contributed by atoms with E-state index in [1.165, 1.54) is 0 Å². The molecular weight excluding hydrogens is 400 g/mol. The highest BCUT2D eigenvalue weighted by atomic mass is 16.4. The zero-order chi connectivity index (χ0) is 22.9. The Morgan fingerprint density at radius 2 is 1.75 bits per heavy atom. The van der Waals surface area contributed by atoms with Crippen molar-refractivity contribution in [3.63, 3.8) is 0 Å².